The van der Waals surface area contributed by atoms with Crippen molar-refractivity contribution in [2.24, 2.45) is 0 Å². The number of hydrogen-bond donors (Lipinski definition) is 2. The molecule has 1 aromatic heterocycles. The minimum Gasteiger partial charge on any atom is -0.461 e. The highest BCUT2D eigenvalue weighted by molar-refractivity contribution is 7.13. The van der Waals surface area contributed by atoms with Crippen LogP contribution in [0.15, 0.2) is 12.1 Å². The van der Waals surface area contributed by atoms with Crippen LogP contribution < -0.4 is 0 Å². The molecule has 2 N–H and O–H groups in total. The van der Waals surface area contributed by atoms with E-state index in [1.807, 2.05) is 6.07 Å². The van der Waals surface area contributed by atoms with Crippen molar-refractivity contribution in [2.45, 2.75) is 45.1 Å². The molecule has 0 amide bonds. The SMILES string of the molecule is CCCc1ccc(C(=O)OCCC(O)CCCO)s1. The summed E-state index contributed by atoms with van der Waals surface area (Å²) < 4.78 is 5.12. The molecule has 0 aromatic carbocycles. The van der Waals surface area contributed by atoms with E-state index in [1.165, 1.54) is 16.2 Å². The van der Waals surface area contributed by atoms with Gasteiger partial charge in [0, 0.05) is 17.9 Å². The first kappa shape index (κ1) is 16.1. The molecule has 0 saturated carbocycles. The third-order valence-electron chi connectivity index (χ3n) is 2.74. The third-order valence-corrected chi connectivity index (χ3v) is 3.86. The van der Waals surface area contributed by atoms with Crippen molar-refractivity contribution in [1.29, 1.82) is 0 Å². The van der Waals surface area contributed by atoms with E-state index in [-0.39, 0.29) is 19.2 Å². The van der Waals surface area contributed by atoms with Gasteiger partial charge in [-0.2, -0.15) is 0 Å². The van der Waals surface area contributed by atoms with E-state index >= 15 is 0 Å². The van der Waals surface area contributed by atoms with Crippen LogP contribution in [0.1, 0.15) is 47.2 Å². The van der Waals surface area contributed by atoms with Gasteiger partial charge >= 0.3 is 5.97 Å². The summed E-state index contributed by atoms with van der Waals surface area (Å²) in [5.41, 5.74) is 0. The Balaban J connectivity index is 2.26. The number of thiophene rings is 1. The Hall–Kier alpha value is -0.910. The lowest BCUT2D eigenvalue weighted by atomic mass is 10.1. The van der Waals surface area contributed by atoms with E-state index < -0.39 is 6.10 Å². The Bertz CT molecular complexity index is 375. The van der Waals surface area contributed by atoms with Gasteiger partial charge < -0.3 is 14.9 Å². The number of esters is 1. The second-order valence-electron chi connectivity index (χ2n) is 4.46. The van der Waals surface area contributed by atoms with Crippen LogP contribution in [0.25, 0.3) is 0 Å². The molecular formula is C14H22O4S. The van der Waals surface area contributed by atoms with E-state index in [0.717, 1.165) is 12.8 Å². The maximum absolute atomic E-state index is 11.7. The second-order valence-corrected chi connectivity index (χ2v) is 5.63. The molecule has 0 aliphatic carbocycles. The van der Waals surface area contributed by atoms with Crippen molar-refractivity contribution in [3.05, 3.63) is 21.9 Å². The zero-order valence-corrected chi connectivity index (χ0v) is 12.1. The maximum Gasteiger partial charge on any atom is 0.348 e. The Kier molecular flexibility index (Phi) is 7.70. The van der Waals surface area contributed by atoms with Crippen molar-refractivity contribution in [2.75, 3.05) is 13.2 Å². The summed E-state index contributed by atoms with van der Waals surface area (Å²) in [6, 6.07) is 3.75. The summed E-state index contributed by atoms with van der Waals surface area (Å²) in [5.74, 6) is -0.318. The molecule has 0 aliphatic rings. The Morgan fingerprint density at radius 2 is 2.21 bits per heavy atom. The lowest BCUT2D eigenvalue weighted by Gasteiger charge is -2.09. The number of aryl methyl sites for hydroxylation is 1. The van der Waals surface area contributed by atoms with Gasteiger partial charge in [-0.1, -0.05) is 13.3 Å². The summed E-state index contributed by atoms with van der Waals surface area (Å²) in [7, 11) is 0. The minimum atomic E-state index is -0.515. The predicted octanol–water partition coefficient (Wildman–Crippen LogP) is 2.38. The van der Waals surface area contributed by atoms with Crippen LogP contribution in [0.3, 0.4) is 0 Å². The number of aliphatic hydroxyl groups excluding tert-OH is 2. The van der Waals surface area contributed by atoms with Crippen LogP contribution in [0.5, 0.6) is 0 Å². The maximum atomic E-state index is 11.7. The molecule has 19 heavy (non-hydrogen) atoms. The minimum absolute atomic E-state index is 0.0756. The molecule has 1 unspecified atom stereocenters. The Labute approximate surface area is 118 Å². The van der Waals surface area contributed by atoms with Gasteiger partial charge in [-0.25, -0.2) is 4.79 Å². The fourth-order valence-corrected chi connectivity index (χ4v) is 2.70. The van der Waals surface area contributed by atoms with Gasteiger partial charge in [-0.15, -0.1) is 11.3 Å². The lowest BCUT2D eigenvalue weighted by molar-refractivity contribution is 0.0423. The van der Waals surface area contributed by atoms with Crippen LogP contribution in [0, 0.1) is 0 Å². The topological polar surface area (TPSA) is 66.8 Å². The second kappa shape index (κ2) is 9.07. The summed E-state index contributed by atoms with van der Waals surface area (Å²) >= 11 is 1.47. The number of carbonyl (C=O) groups is 1. The molecule has 0 aliphatic heterocycles. The van der Waals surface area contributed by atoms with Gasteiger partial charge in [0.05, 0.1) is 12.7 Å². The van der Waals surface area contributed by atoms with Crippen molar-refractivity contribution < 1.29 is 19.7 Å². The van der Waals surface area contributed by atoms with Gasteiger partial charge in [0.25, 0.3) is 0 Å². The van der Waals surface area contributed by atoms with E-state index in [0.29, 0.717) is 24.1 Å². The molecule has 1 atom stereocenters. The fraction of sp³-hybridized carbons (Fsp3) is 0.643. The van der Waals surface area contributed by atoms with Crippen LogP contribution >= 0.6 is 11.3 Å². The molecule has 4 nitrogen and oxygen atoms in total. The standard InChI is InChI=1S/C14H22O4S/c1-2-4-12-6-7-13(19-12)14(17)18-10-8-11(16)5-3-9-15/h6-7,11,15-16H,2-5,8-10H2,1H3. The number of ether oxygens (including phenoxy) is 1. The van der Waals surface area contributed by atoms with Crippen molar-refractivity contribution in [3.8, 4) is 0 Å². The molecule has 1 heterocycles. The molecule has 0 fully saturated rings. The highest BCUT2D eigenvalue weighted by Gasteiger charge is 2.11. The van der Waals surface area contributed by atoms with Gasteiger partial charge in [0.1, 0.15) is 4.88 Å². The van der Waals surface area contributed by atoms with Crippen molar-refractivity contribution in [1.82, 2.24) is 0 Å². The van der Waals surface area contributed by atoms with Gasteiger partial charge in [0.2, 0.25) is 0 Å². The van der Waals surface area contributed by atoms with E-state index in [9.17, 15) is 9.90 Å². The van der Waals surface area contributed by atoms with Gasteiger partial charge in [-0.3, -0.25) is 0 Å². The van der Waals surface area contributed by atoms with Crippen LogP contribution in [-0.4, -0.2) is 35.5 Å². The summed E-state index contributed by atoms with van der Waals surface area (Å²) in [5, 5.41) is 18.2. The van der Waals surface area contributed by atoms with Crippen LogP contribution in [0.2, 0.25) is 0 Å². The molecule has 1 rings (SSSR count). The average Bonchev–Trinajstić information content (AvgIpc) is 2.85. The molecule has 108 valence electrons. The first-order chi connectivity index (χ1) is 9.17. The third kappa shape index (κ3) is 6.18. The van der Waals surface area contributed by atoms with E-state index in [2.05, 4.69) is 6.92 Å². The highest BCUT2D eigenvalue weighted by atomic mass is 32.1. The molecule has 0 saturated heterocycles. The lowest BCUT2D eigenvalue weighted by Crippen LogP contribution is -2.13. The Morgan fingerprint density at radius 3 is 2.89 bits per heavy atom. The average molecular weight is 286 g/mol. The first-order valence-electron chi connectivity index (χ1n) is 6.72. The van der Waals surface area contributed by atoms with E-state index in [1.54, 1.807) is 6.07 Å². The molecule has 5 heteroatoms. The quantitative estimate of drug-likeness (QED) is 0.684. The highest BCUT2D eigenvalue weighted by Crippen LogP contribution is 2.19. The van der Waals surface area contributed by atoms with Gasteiger partial charge in [0.15, 0.2) is 0 Å². The largest absolute Gasteiger partial charge is 0.461 e. The van der Waals surface area contributed by atoms with Gasteiger partial charge in [-0.05, 0) is 31.4 Å². The van der Waals surface area contributed by atoms with E-state index in [4.69, 9.17) is 9.84 Å². The molecular weight excluding hydrogens is 264 g/mol. The predicted molar refractivity (Wildman–Crippen MR) is 75.5 cm³/mol. The number of hydrogen-bond acceptors (Lipinski definition) is 5. The number of rotatable bonds is 9. The van der Waals surface area contributed by atoms with Crippen LogP contribution in [-0.2, 0) is 11.2 Å². The summed E-state index contributed by atoms with van der Waals surface area (Å²) in [4.78, 5) is 13.5. The summed E-state index contributed by atoms with van der Waals surface area (Å²) in [6.07, 6.45) is 3.05. The van der Waals surface area contributed by atoms with Crippen molar-refractivity contribution >= 4 is 17.3 Å². The monoisotopic (exact) mass is 286 g/mol. The summed E-state index contributed by atoms with van der Waals surface area (Å²) in [6.45, 7) is 2.39. The smallest absolute Gasteiger partial charge is 0.348 e. The van der Waals surface area contributed by atoms with Crippen LogP contribution in [0.4, 0.5) is 0 Å². The number of aliphatic hydroxyl groups is 2. The molecule has 0 spiro atoms. The molecule has 0 radical (unpaired) electrons. The molecule has 1 aromatic rings. The van der Waals surface area contributed by atoms with Crippen molar-refractivity contribution in [3.63, 3.8) is 0 Å². The first-order valence-corrected chi connectivity index (χ1v) is 7.53. The fourth-order valence-electron chi connectivity index (χ4n) is 1.70. The zero-order chi connectivity index (χ0) is 14.1. The number of carbonyl (C=O) groups excluding carboxylic acids is 1. The Morgan fingerprint density at radius 1 is 1.42 bits per heavy atom. The zero-order valence-electron chi connectivity index (χ0n) is 11.3. The molecule has 0 bridgehead atoms. The normalized spacial score (nSPS) is 12.4.